The Labute approximate surface area is 101 Å². The summed E-state index contributed by atoms with van der Waals surface area (Å²) in [6, 6.07) is 5.69. The molecule has 4 heteroatoms. The molecule has 2 N–H and O–H groups in total. The summed E-state index contributed by atoms with van der Waals surface area (Å²) >= 11 is 0. The average Bonchev–Trinajstić information content (AvgIpc) is 2.57. The molecule has 92 valence electrons. The fourth-order valence-corrected chi connectivity index (χ4v) is 2.79. The molecule has 1 aromatic carbocycles. The molecule has 0 atom stereocenters. The minimum Gasteiger partial charge on any atom is -0.324 e. The molecule has 0 radical (unpaired) electrons. The Kier molecular flexibility index (Phi) is 3.26. The minimum absolute atomic E-state index is 0.175. The van der Waals surface area contributed by atoms with Gasteiger partial charge in [0.15, 0.2) is 0 Å². The molecule has 1 aliphatic rings. The number of benzene rings is 1. The van der Waals surface area contributed by atoms with E-state index in [2.05, 4.69) is 19.9 Å². The summed E-state index contributed by atoms with van der Waals surface area (Å²) in [6.07, 6.45) is 2.93. The highest BCUT2D eigenvalue weighted by Gasteiger charge is 2.18. The second-order valence-electron chi connectivity index (χ2n) is 4.91. The SMILES string of the molecule is CC(C)C1=Cc2cc(CP(=O)(O)O)ccc2C1. The molecule has 0 amide bonds. The van der Waals surface area contributed by atoms with Crippen LogP contribution in [0.15, 0.2) is 23.8 Å². The fourth-order valence-electron chi connectivity index (χ4n) is 2.12. The number of hydrogen-bond donors (Lipinski definition) is 2. The van der Waals surface area contributed by atoms with Crippen LogP contribution >= 0.6 is 7.60 Å². The Bertz CT molecular complexity index is 511. The van der Waals surface area contributed by atoms with E-state index >= 15 is 0 Å². The van der Waals surface area contributed by atoms with Gasteiger partial charge in [0.2, 0.25) is 0 Å². The van der Waals surface area contributed by atoms with Gasteiger partial charge >= 0.3 is 7.60 Å². The maximum Gasteiger partial charge on any atom is 0.329 e. The van der Waals surface area contributed by atoms with Gasteiger partial charge in [-0.2, -0.15) is 0 Å². The van der Waals surface area contributed by atoms with Crippen LogP contribution in [0.25, 0.3) is 6.08 Å². The molecule has 2 rings (SSSR count). The first kappa shape index (κ1) is 12.6. The van der Waals surface area contributed by atoms with Gasteiger partial charge in [0.1, 0.15) is 0 Å². The Balaban J connectivity index is 2.27. The molecule has 1 aliphatic carbocycles. The van der Waals surface area contributed by atoms with Crippen molar-refractivity contribution in [1.29, 1.82) is 0 Å². The summed E-state index contributed by atoms with van der Waals surface area (Å²) in [5.41, 5.74) is 4.45. The molecule has 0 aliphatic heterocycles. The van der Waals surface area contributed by atoms with Crippen LogP contribution in [0.2, 0.25) is 0 Å². The van der Waals surface area contributed by atoms with E-state index in [0.29, 0.717) is 11.5 Å². The maximum absolute atomic E-state index is 11.0. The third-order valence-electron chi connectivity index (χ3n) is 3.08. The second-order valence-corrected chi connectivity index (χ2v) is 6.55. The number of hydrogen-bond acceptors (Lipinski definition) is 1. The van der Waals surface area contributed by atoms with Crippen LogP contribution in [0, 0.1) is 5.92 Å². The highest BCUT2D eigenvalue weighted by Crippen LogP contribution is 2.40. The predicted molar refractivity (Wildman–Crippen MR) is 68.7 cm³/mol. The van der Waals surface area contributed by atoms with Gasteiger partial charge in [-0.05, 0) is 29.0 Å². The third-order valence-corrected chi connectivity index (χ3v) is 3.85. The zero-order valence-corrected chi connectivity index (χ0v) is 10.9. The van der Waals surface area contributed by atoms with Gasteiger partial charge in [0, 0.05) is 0 Å². The van der Waals surface area contributed by atoms with Gasteiger partial charge in [-0.3, -0.25) is 4.57 Å². The van der Waals surface area contributed by atoms with Crippen LogP contribution in [-0.4, -0.2) is 9.79 Å². The van der Waals surface area contributed by atoms with E-state index in [9.17, 15) is 4.57 Å². The molecule has 0 heterocycles. The van der Waals surface area contributed by atoms with E-state index in [-0.39, 0.29) is 6.16 Å². The molecule has 0 saturated carbocycles. The molecule has 17 heavy (non-hydrogen) atoms. The summed E-state index contributed by atoms with van der Waals surface area (Å²) in [6.45, 7) is 4.32. The molecule has 0 saturated heterocycles. The van der Waals surface area contributed by atoms with Crippen molar-refractivity contribution in [3.8, 4) is 0 Å². The van der Waals surface area contributed by atoms with Crippen molar-refractivity contribution in [1.82, 2.24) is 0 Å². The van der Waals surface area contributed by atoms with Crippen molar-refractivity contribution in [3.05, 3.63) is 40.5 Å². The van der Waals surface area contributed by atoms with Gasteiger partial charge in [-0.25, -0.2) is 0 Å². The highest BCUT2D eigenvalue weighted by atomic mass is 31.2. The van der Waals surface area contributed by atoms with Crippen LogP contribution in [-0.2, 0) is 17.1 Å². The first-order chi connectivity index (χ1) is 7.85. The first-order valence-electron chi connectivity index (χ1n) is 5.72. The van der Waals surface area contributed by atoms with Gasteiger partial charge < -0.3 is 9.79 Å². The average molecular weight is 252 g/mol. The van der Waals surface area contributed by atoms with E-state index in [1.165, 1.54) is 11.1 Å². The van der Waals surface area contributed by atoms with Crippen molar-refractivity contribution < 1.29 is 14.4 Å². The quantitative estimate of drug-likeness (QED) is 0.813. The van der Waals surface area contributed by atoms with Crippen LogP contribution in [0.3, 0.4) is 0 Å². The number of rotatable bonds is 3. The van der Waals surface area contributed by atoms with E-state index in [1.807, 2.05) is 18.2 Å². The van der Waals surface area contributed by atoms with Crippen LogP contribution in [0.5, 0.6) is 0 Å². The zero-order valence-electron chi connectivity index (χ0n) is 10.1. The van der Waals surface area contributed by atoms with E-state index < -0.39 is 7.60 Å². The van der Waals surface area contributed by atoms with Crippen LogP contribution < -0.4 is 0 Å². The molecule has 3 nitrogen and oxygen atoms in total. The summed E-state index contributed by atoms with van der Waals surface area (Å²) in [5.74, 6) is 0.521. The molecule has 0 aromatic heterocycles. The number of fused-ring (bicyclic) bond motifs is 1. The summed E-state index contributed by atoms with van der Waals surface area (Å²) in [4.78, 5) is 17.9. The van der Waals surface area contributed by atoms with Gasteiger partial charge in [0.05, 0.1) is 6.16 Å². The minimum atomic E-state index is -3.97. The van der Waals surface area contributed by atoms with Crippen molar-refractivity contribution in [3.63, 3.8) is 0 Å². The Morgan fingerprint density at radius 2 is 2.06 bits per heavy atom. The molecular weight excluding hydrogens is 235 g/mol. The predicted octanol–water partition coefficient (Wildman–Crippen LogP) is 2.96. The van der Waals surface area contributed by atoms with Crippen LogP contribution in [0.4, 0.5) is 0 Å². The molecule has 0 unspecified atom stereocenters. The van der Waals surface area contributed by atoms with Gasteiger partial charge in [0.25, 0.3) is 0 Å². The molecule has 0 spiro atoms. The van der Waals surface area contributed by atoms with E-state index in [1.54, 1.807) is 0 Å². The van der Waals surface area contributed by atoms with Crippen molar-refractivity contribution in [2.24, 2.45) is 5.92 Å². The lowest BCUT2D eigenvalue weighted by Gasteiger charge is -2.06. The molecule has 1 aromatic rings. The Morgan fingerprint density at radius 1 is 1.35 bits per heavy atom. The molecule has 0 fully saturated rings. The topological polar surface area (TPSA) is 57.5 Å². The highest BCUT2D eigenvalue weighted by molar-refractivity contribution is 7.50. The van der Waals surface area contributed by atoms with Crippen molar-refractivity contribution in [2.45, 2.75) is 26.4 Å². The summed E-state index contributed by atoms with van der Waals surface area (Å²) in [7, 11) is -3.97. The lowest BCUT2D eigenvalue weighted by Crippen LogP contribution is -1.93. The lowest BCUT2D eigenvalue weighted by atomic mass is 10.0. The van der Waals surface area contributed by atoms with E-state index in [0.717, 1.165) is 12.0 Å². The smallest absolute Gasteiger partial charge is 0.324 e. The zero-order chi connectivity index (χ0) is 12.6. The van der Waals surface area contributed by atoms with Crippen molar-refractivity contribution >= 4 is 13.7 Å². The molecular formula is C13H17O3P. The lowest BCUT2D eigenvalue weighted by molar-refractivity contribution is 0.371. The monoisotopic (exact) mass is 252 g/mol. The largest absolute Gasteiger partial charge is 0.329 e. The maximum atomic E-state index is 11.0. The fraction of sp³-hybridized carbons (Fsp3) is 0.385. The second kappa shape index (κ2) is 4.41. The summed E-state index contributed by atoms with van der Waals surface area (Å²) in [5, 5.41) is 0. The summed E-state index contributed by atoms with van der Waals surface area (Å²) < 4.78 is 11.0. The Morgan fingerprint density at radius 3 is 2.65 bits per heavy atom. The van der Waals surface area contributed by atoms with Crippen LogP contribution in [0.1, 0.15) is 30.5 Å². The van der Waals surface area contributed by atoms with E-state index in [4.69, 9.17) is 9.79 Å². The third kappa shape index (κ3) is 3.06. The normalized spacial score (nSPS) is 15.0. The first-order valence-corrected chi connectivity index (χ1v) is 7.52. The van der Waals surface area contributed by atoms with Gasteiger partial charge in [-0.1, -0.05) is 43.7 Å². The molecule has 0 bridgehead atoms. The van der Waals surface area contributed by atoms with Crippen molar-refractivity contribution in [2.75, 3.05) is 0 Å². The number of allylic oxidation sites excluding steroid dienone is 1. The standard InChI is InChI=1S/C13H17O3P/c1-9(2)12-6-11-4-3-10(5-13(11)7-12)8-17(14,15)16/h3-5,7,9H,6,8H2,1-2H3,(H2,14,15,16). The Hall–Kier alpha value is -0.890. The van der Waals surface area contributed by atoms with Gasteiger partial charge in [-0.15, -0.1) is 0 Å².